The van der Waals surface area contributed by atoms with Gasteiger partial charge in [0.05, 0.1) is 11.6 Å². The third kappa shape index (κ3) is 8.49. The first-order valence-electron chi connectivity index (χ1n) is 12.0. The summed E-state index contributed by atoms with van der Waals surface area (Å²) in [5.74, 6) is -4.77. The Morgan fingerprint density at radius 3 is 2.20 bits per heavy atom. The second kappa shape index (κ2) is 13.0. The predicted octanol–water partition coefficient (Wildman–Crippen LogP) is 6.58. The van der Waals surface area contributed by atoms with E-state index in [1.54, 1.807) is 0 Å². The molecule has 0 saturated heterocycles. The number of thiol groups is 3. The van der Waals surface area contributed by atoms with Crippen molar-refractivity contribution >= 4 is 55.4 Å². The number of pyridine rings is 1. The molecule has 3 aromatic carbocycles. The van der Waals surface area contributed by atoms with E-state index >= 15 is 4.39 Å². The number of nitrogens with two attached hydrogens (primary N) is 1. The van der Waals surface area contributed by atoms with Crippen LogP contribution in [0, 0.1) is 17.1 Å². The van der Waals surface area contributed by atoms with Crippen LogP contribution in [0.1, 0.15) is 26.4 Å². The Labute approximate surface area is 263 Å². The molecule has 9 nitrogen and oxygen atoms in total. The van der Waals surface area contributed by atoms with Crippen LogP contribution in [-0.4, -0.2) is 26.8 Å². The first-order valence-corrected chi connectivity index (χ1v) is 13.3. The van der Waals surface area contributed by atoms with Gasteiger partial charge in [0, 0.05) is 18.0 Å². The van der Waals surface area contributed by atoms with Crippen LogP contribution in [0.2, 0.25) is 0 Å². The Hall–Kier alpha value is -4.59. The summed E-state index contributed by atoms with van der Waals surface area (Å²) in [6, 6.07) is 15.6. The largest absolute Gasteiger partial charge is 0.573 e. The molecule has 0 aliphatic carbocycles. The highest BCUT2D eigenvalue weighted by molar-refractivity contribution is 8.16. The molecule has 1 heterocycles. The monoisotopic (exact) mass is 662 g/mol. The van der Waals surface area contributed by atoms with Crippen molar-refractivity contribution in [3.05, 3.63) is 95.6 Å². The van der Waals surface area contributed by atoms with Gasteiger partial charge in [0.25, 0.3) is 11.8 Å². The molecule has 4 aromatic rings. The average molecular weight is 663 g/mol. The van der Waals surface area contributed by atoms with Crippen LogP contribution in [-0.2, 0) is 0 Å². The van der Waals surface area contributed by atoms with Crippen molar-refractivity contribution in [2.75, 3.05) is 5.32 Å². The smallest absolute Gasteiger partial charge is 0.455 e. The molecule has 2 amide bonds. The third-order valence-corrected chi connectivity index (χ3v) is 5.79. The van der Waals surface area contributed by atoms with E-state index in [2.05, 4.69) is 52.9 Å². The summed E-state index contributed by atoms with van der Waals surface area (Å²) in [7, 11) is 0. The Morgan fingerprint density at radius 2 is 1.59 bits per heavy atom. The molecular formula is C28H18F4N4O5S3. The number of anilines is 1. The number of amides is 2. The first kappa shape index (κ1) is 32.3. The Morgan fingerprint density at radius 1 is 0.886 bits per heavy atom. The summed E-state index contributed by atoms with van der Waals surface area (Å²) in [4.78, 5) is 28.7. The van der Waals surface area contributed by atoms with Crippen LogP contribution in [0.5, 0.6) is 23.0 Å². The molecular weight excluding hydrogens is 645 g/mol. The summed E-state index contributed by atoms with van der Waals surface area (Å²) in [6.45, 7) is 0. The molecule has 0 unspecified atom stereocenters. The number of halogens is 4. The maximum absolute atomic E-state index is 15.7. The topological polar surface area (TPSA) is 137 Å². The molecule has 0 saturated carbocycles. The number of nitrogens with zero attached hydrogens (tertiary/aromatic N) is 2. The minimum Gasteiger partial charge on any atom is -0.455 e. The molecule has 0 bridgehead atoms. The number of nitrogens with one attached hydrogen (secondary N) is 1. The van der Waals surface area contributed by atoms with Crippen LogP contribution in [0.3, 0.4) is 0 Å². The Bertz CT molecular complexity index is 1780. The molecule has 1 aromatic heterocycles. The zero-order valence-corrected chi connectivity index (χ0v) is 24.5. The SMILES string of the molecule is N#Cc1ccc(-c2cc(F)c(C(=O)Nc3ccnc(C(N)=O)c3)c(Oc3ccc(OC(F)(F)F)cc3OC(S)(S)S)c2)cc1. The molecule has 44 heavy (non-hydrogen) atoms. The van der Waals surface area contributed by atoms with Gasteiger partial charge in [-0.25, -0.2) is 4.39 Å². The highest BCUT2D eigenvalue weighted by atomic mass is 32.2. The number of aromatic nitrogens is 1. The number of benzene rings is 3. The van der Waals surface area contributed by atoms with Gasteiger partial charge in [-0.2, -0.15) is 5.26 Å². The van der Waals surface area contributed by atoms with Crippen molar-refractivity contribution in [1.82, 2.24) is 4.98 Å². The lowest BCUT2D eigenvalue weighted by molar-refractivity contribution is -0.274. The van der Waals surface area contributed by atoms with Crippen molar-refractivity contribution < 1.29 is 41.4 Å². The summed E-state index contributed by atoms with van der Waals surface area (Å²) >= 11 is 12.0. The fourth-order valence-electron chi connectivity index (χ4n) is 3.74. The Balaban J connectivity index is 1.83. The van der Waals surface area contributed by atoms with Gasteiger partial charge in [-0.1, -0.05) is 12.1 Å². The minimum absolute atomic E-state index is 0.0444. The predicted molar refractivity (Wildman–Crippen MR) is 161 cm³/mol. The molecule has 0 aliphatic heterocycles. The van der Waals surface area contributed by atoms with Crippen LogP contribution < -0.4 is 25.3 Å². The Kier molecular flexibility index (Phi) is 9.52. The second-order valence-corrected chi connectivity index (χ2v) is 11.7. The molecule has 0 atom stereocenters. The molecule has 0 fully saturated rings. The van der Waals surface area contributed by atoms with Crippen molar-refractivity contribution in [3.63, 3.8) is 0 Å². The molecule has 0 radical (unpaired) electrons. The molecule has 3 N–H and O–H groups in total. The van der Waals surface area contributed by atoms with Gasteiger partial charge in [-0.15, -0.1) is 51.1 Å². The quantitative estimate of drug-likeness (QED) is 0.0776. The fourth-order valence-corrected chi connectivity index (χ4v) is 4.03. The van der Waals surface area contributed by atoms with Gasteiger partial charge in [-0.05, 0) is 59.7 Å². The number of rotatable bonds is 9. The third-order valence-electron chi connectivity index (χ3n) is 5.51. The van der Waals surface area contributed by atoms with Gasteiger partial charge in [0.2, 0.25) is 3.60 Å². The highest BCUT2D eigenvalue weighted by Gasteiger charge is 2.32. The number of hydrogen-bond donors (Lipinski definition) is 5. The summed E-state index contributed by atoms with van der Waals surface area (Å²) in [6.07, 6.45) is -3.84. The van der Waals surface area contributed by atoms with E-state index in [0.717, 1.165) is 24.3 Å². The van der Waals surface area contributed by atoms with Gasteiger partial charge in [0.1, 0.15) is 28.6 Å². The van der Waals surface area contributed by atoms with Gasteiger partial charge >= 0.3 is 6.36 Å². The number of carbonyl (C=O) groups excluding carboxylic acids is 2. The van der Waals surface area contributed by atoms with Gasteiger partial charge in [-0.3, -0.25) is 14.6 Å². The maximum Gasteiger partial charge on any atom is 0.573 e. The summed E-state index contributed by atoms with van der Waals surface area (Å²) in [5.41, 5.74) is 5.47. The maximum atomic E-state index is 15.7. The molecule has 226 valence electrons. The average Bonchev–Trinajstić information content (AvgIpc) is 2.92. The van der Waals surface area contributed by atoms with Gasteiger partial charge in [0.15, 0.2) is 11.5 Å². The fraction of sp³-hybridized carbons (Fsp3) is 0.0714. The van der Waals surface area contributed by atoms with E-state index in [9.17, 15) is 22.8 Å². The molecule has 0 aliphatic rings. The lowest BCUT2D eigenvalue weighted by Gasteiger charge is -2.22. The zero-order valence-electron chi connectivity index (χ0n) is 21.8. The number of nitriles is 1. The lowest BCUT2D eigenvalue weighted by atomic mass is 10.0. The lowest BCUT2D eigenvalue weighted by Crippen LogP contribution is -2.18. The molecule has 4 rings (SSSR count). The number of primary amides is 1. The van der Waals surface area contributed by atoms with Crippen molar-refractivity contribution in [1.29, 1.82) is 5.26 Å². The molecule has 16 heteroatoms. The van der Waals surface area contributed by atoms with Crippen molar-refractivity contribution in [2.45, 2.75) is 9.96 Å². The number of alkyl halides is 3. The van der Waals surface area contributed by atoms with E-state index in [1.165, 1.54) is 48.7 Å². The van der Waals surface area contributed by atoms with Crippen LogP contribution in [0.4, 0.5) is 23.2 Å². The molecule has 0 spiro atoms. The minimum atomic E-state index is -5.04. The van der Waals surface area contributed by atoms with Crippen LogP contribution in [0.15, 0.2) is 72.9 Å². The number of ether oxygens (including phenoxy) is 3. The van der Waals surface area contributed by atoms with E-state index in [4.69, 9.17) is 20.5 Å². The summed E-state index contributed by atoms with van der Waals surface area (Å²) in [5, 5.41) is 11.5. The number of carbonyl (C=O) groups is 2. The summed E-state index contributed by atoms with van der Waals surface area (Å²) < 4.78 is 67.7. The van der Waals surface area contributed by atoms with Crippen molar-refractivity contribution in [3.8, 4) is 40.2 Å². The normalized spacial score (nSPS) is 11.3. The first-order chi connectivity index (χ1) is 20.6. The standard InChI is InChI=1S/C28H18F4N4O5S3/c29-19-9-16(15-3-1-14(13-33)2-4-15)10-23(24(19)26(38)36-17-7-8-35-20(11-17)25(34)37)39-21-6-5-18(40-27(30,31)32)12-22(21)41-28(42,43)44/h1-12,42-44H,(H2,34,37)(H,35,36,38). The second-order valence-electron chi connectivity index (χ2n) is 8.70. The van der Waals surface area contributed by atoms with Crippen LogP contribution in [0.25, 0.3) is 11.1 Å². The number of hydrogen-bond acceptors (Lipinski definition) is 10. The van der Waals surface area contributed by atoms with Crippen LogP contribution >= 0.6 is 37.9 Å². The van der Waals surface area contributed by atoms with E-state index in [0.29, 0.717) is 11.1 Å². The zero-order chi connectivity index (χ0) is 32.2. The van der Waals surface area contributed by atoms with E-state index in [-0.39, 0.29) is 22.7 Å². The highest BCUT2D eigenvalue weighted by Crippen LogP contribution is 2.42. The van der Waals surface area contributed by atoms with Crippen molar-refractivity contribution in [2.24, 2.45) is 5.73 Å². The van der Waals surface area contributed by atoms with E-state index < -0.39 is 50.4 Å². The van der Waals surface area contributed by atoms with E-state index in [1.807, 2.05) is 6.07 Å². The van der Waals surface area contributed by atoms with Gasteiger partial charge < -0.3 is 25.3 Å².